The summed E-state index contributed by atoms with van der Waals surface area (Å²) in [4.78, 5) is 12.0. The molecule has 1 fully saturated rings. The Morgan fingerprint density at radius 2 is 2.14 bits per heavy atom. The maximum absolute atomic E-state index is 12.0. The summed E-state index contributed by atoms with van der Waals surface area (Å²) in [6, 6.07) is 7.28. The first-order valence-electron chi connectivity index (χ1n) is 6.93. The largest absolute Gasteiger partial charge is 0.496 e. The van der Waals surface area contributed by atoms with Gasteiger partial charge in [-0.2, -0.15) is 0 Å². The van der Waals surface area contributed by atoms with Crippen molar-refractivity contribution in [1.29, 1.82) is 0 Å². The summed E-state index contributed by atoms with van der Waals surface area (Å²) in [5, 5.41) is 16.1. The predicted molar refractivity (Wildman–Crippen MR) is 83.7 cm³/mol. The molecule has 2 rings (SSSR count). The van der Waals surface area contributed by atoms with Gasteiger partial charge in [-0.25, -0.2) is 0 Å². The van der Waals surface area contributed by atoms with Crippen LogP contribution in [0.2, 0.25) is 0 Å². The minimum atomic E-state index is -0.762. The highest BCUT2D eigenvalue weighted by molar-refractivity contribution is 5.85. The number of aliphatic hydroxyl groups excluding tert-OH is 1. The zero-order valence-corrected chi connectivity index (χ0v) is 13.2. The lowest BCUT2D eigenvalue weighted by Gasteiger charge is -2.31. The van der Waals surface area contributed by atoms with Crippen LogP contribution in [0.3, 0.4) is 0 Å². The van der Waals surface area contributed by atoms with Gasteiger partial charge in [0.1, 0.15) is 5.75 Å². The number of nitrogens with one attached hydrogen (secondary N) is 2. The van der Waals surface area contributed by atoms with Crippen molar-refractivity contribution < 1.29 is 14.6 Å². The van der Waals surface area contributed by atoms with Gasteiger partial charge in [0.15, 0.2) is 0 Å². The Labute approximate surface area is 131 Å². The van der Waals surface area contributed by atoms with Gasteiger partial charge < -0.3 is 20.5 Å². The average molecular weight is 315 g/mol. The number of para-hydroxylation sites is 1. The van der Waals surface area contributed by atoms with E-state index in [0.717, 1.165) is 13.1 Å². The maximum atomic E-state index is 12.0. The molecule has 3 N–H and O–H groups in total. The fraction of sp³-hybridized carbons (Fsp3) is 0.533. The summed E-state index contributed by atoms with van der Waals surface area (Å²) in [6.45, 7) is 3.91. The lowest BCUT2D eigenvalue weighted by molar-refractivity contribution is -0.127. The smallest absolute Gasteiger partial charge is 0.223 e. The van der Waals surface area contributed by atoms with Gasteiger partial charge in [-0.1, -0.05) is 25.1 Å². The summed E-state index contributed by atoms with van der Waals surface area (Å²) in [5.41, 5.74) is 0.688. The van der Waals surface area contributed by atoms with Crippen molar-refractivity contribution in [2.24, 2.45) is 11.8 Å². The molecule has 1 saturated heterocycles. The zero-order chi connectivity index (χ0) is 14.5. The fourth-order valence-electron chi connectivity index (χ4n) is 2.29. The molecule has 0 bridgehead atoms. The van der Waals surface area contributed by atoms with Gasteiger partial charge in [-0.05, 0) is 25.1 Å². The summed E-state index contributed by atoms with van der Waals surface area (Å²) in [7, 11) is 1.57. The normalized spacial score (nSPS) is 17.1. The number of amides is 1. The molecule has 118 valence electrons. The van der Waals surface area contributed by atoms with E-state index in [4.69, 9.17) is 4.74 Å². The van der Waals surface area contributed by atoms with Gasteiger partial charge in [0.25, 0.3) is 0 Å². The van der Waals surface area contributed by atoms with E-state index in [1.165, 1.54) is 0 Å². The van der Waals surface area contributed by atoms with Crippen LogP contribution in [0.4, 0.5) is 0 Å². The van der Waals surface area contributed by atoms with Crippen molar-refractivity contribution in [2.75, 3.05) is 26.7 Å². The lowest BCUT2D eigenvalue weighted by atomic mass is 9.88. The van der Waals surface area contributed by atoms with Crippen molar-refractivity contribution in [3.8, 4) is 5.75 Å². The van der Waals surface area contributed by atoms with E-state index in [2.05, 4.69) is 10.6 Å². The van der Waals surface area contributed by atoms with Crippen LogP contribution in [0.5, 0.6) is 5.75 Å². The number of carbonyl (C=O) groups is 1. The highest BCUT2D eigenvalue weighted by atomic mass is 35.5. The topological polar surface area (TPSA) is 70.6 Å². The van der Waals surface area contributed by atoms with E-state index in [1.54, 1.807) is 19.2 Å². The Morgan fingerprint density at radius 3 is 2.71 bits per heavy atom. The van der Waals surface area contributed by atoms with Crippen molar-refractivity contribution in [2.45, 2.75) is 13.0 Å². The Bertz CT molecular complexity index is 466. The molecule has 1 heterocycles. The number of halogens is 1. The molecule has 0 aliphatic carbocycles. The number of methoxy groups -OCH3 is 1. The first-order valence-corrected chi connectivity index (χ1v) is 6.93. The second-order valence-corrected chi connectivity index (χ2v) is 5.21. The molecule has 0 radical (unpaired) electrons. The summed E-state index contributed by atoms with van der Waals surface area (Å²) in [5.74, 6) is 0.996. The summed E-state index contributed by atoms with van der Waals surface area (Å²) in [6.07, 6.45) is -0.762. The molecule has 2 atom stereocenters. The summed E-state index contributed by atoms with van der Waals surface area (Å²) >= 11 is 0. The van der Waals surface area contributed by atoms with Crippen LogP contribution in [0.1, 0.15) is 18.6 Å². The molecule has 0 aromatic heterocycles. The predicted octanol–water partition coefficient (Wildman–Crippen LogP) is 1.12. The summed E-state index contributed by atoms with van der Waals surface area (Å²) < 4.78 is 5.20. The van der Waals surface area contributed by atoms with E-state index in [1.807, 2.05) is 19.1 Å². The molecule has 1 aromatic rings. The minimum Gasteiger partial charge on any atom is -0.496 e. The maximum Gasteiger partial charge on any atom is 0.223 e. The third-order valence-corrected chi connectivity index (χ3v) is 3.90. The van der Waals surface area contributed by atoms with Crippen LogP contribution in [0, 0.1) is 11.8 Å². The number of hydrogen-bond acceptors (Lipinski definition) is 4. The van der Waals surface area contributed by atoms with Gasteiger partial charge in [-0.15, -0.1) is 12.4 Å². The Balaban J connectivity index is 0.00000220. The molecule has 5 nitrogen and oxygen atoms in total. The second-order valence-electron chi connectivity index (χ2n) is 5.21. The molecule has 6 heteroatoms. The Morgan fingerprint density at radius 1 is 1.48 bits per heavy atom. The van der Waals surface area contributed by atoms with Crippen LogP contribution in [0.25, 0.3) is 0 Å². The van der Waals surface area contributed by atoms with E-state index in [-0.39, 0.29) is 30.8 Å². The van der Waals surface area contributed by atoms with Gasteiger partial charge in [0.05, 0.1) is 13.2 Å². The second kappa shape index (κ2) is 8.22. The van der Waals surface area contributed by atoms with Gasteiger partial charge in [-0.3, -0.25) is 4.79 Å². The highest BCUT2D eigenvalue weighted by Crippen LogP contribution is 2.24. The van der Waals surface area contributed by atoms with E-state index < -0.39 is 6.10 Å². The Kier molecular flexibility index (Phi) is 6.95. The number of benzene rings is 1. The first kappa shape index (κ1) is 17.8. The molecular formula is C15H23ClN2O3. The number of ether oxygens (including phenoxy) is 1. The van der Waals surface area contributed by atoms with Crippen LogP contribution < -0.4 is 15.4 Å². The molecule has 1 aliphatic rings. The number of rotatable bonds is 6. The molecule has 0 spiro atoms. The van der Waals surface area contributed by atoms with Crippen molar-refractivity contribution >= 4 is 18.3 Å². The first-order chi connectivity index (χ1) is 9.63. The number of carbonyl (C=O) groups excluding carboxylic acids is 1. The average Bonchev–Trinajstić information content (AvgIpc) is 2.42. The molecule has 0 saturated carbocycles. The lowest BCUT2D eigenvalue weighted by Crippen LogP contribution is -2.50. The standard InChI is InChI=1S/C15H22N2O3.ClH/c1-10(11-7-16-8-11)15(19)17-9-13(18)12-5-3-4-6-14(12)20-2;/h3-6,10-11,13,16,18H,7-9H2,1-2H3,(H,17,19);1H. The minimum absolute atomic E-state index is 0. The van der Waals surface area contributed by atoms with E-state index in [9.17, 15) is 9.90 Å². The third-order valence-electron chi connectivity index (χ3n) is 3.90. The van der Waals surface area contributed by atoms with Crippen molar-refractivity contribution in [3.05, 3.63) is 29.8 Å². The third kappa shape index (κ3) is 4.33. The fourth-order valence-corrected chi connectivity index (χ4v) is 2.29. The van der Waals surface area contributed by atoms with Gasteiger partial charge in [0, 0.05) is 18.0 Å². The van der Waals surface area contributed by atoms with Crippen LogP contribution >= 0.6 is 12.4 Å². The highest BCUT2D eigenvalue weighted by Gasteiger charge is 2.28. The van der Waals surface area contributed by atoms with E-state index in [0.29, 0.717) is 17.2 Å². The molecule has 2 unspecified atom stereocenters. The Hall–Kier alpha value is -1.30. The zero-order valence-electron chi connectivity index (χ0n) is 12.3. The van der Waals surface area contributed by atoms with Crippen molar-refractivity contribution in [1.82, 2.24) is 10.6 Å². The van der Waals surface area contributed by atoms with Crippen LogP contribution in [-0.4, -0.2) is 37.8 Å². The molecule has 1 aromatic carbocycles. The quantitative estimate of drug-likeness (QED) is 0.736. The van der Waals surface area contributed by atoms with E-state index >= 15 is 0 Å². The monoisotopic (exact) mass is 314 g/mol. The molecule has 21 heavy (non-hydrogen) atoms. The molecule has 1 aliphatic heterocycles. The number of hydrogen-bond donors (Lipinski definition) is 3. The van der Waals surface area contributed by atoms with Gasteiger partial charge in [0.2, 0.25) is 5.91 Å². The van der Waals surface area contributed by atoms with Crippen LogP contribution in [-0.2, 0) is 4.79 Å². The molecule has 1 amide bonds. The molecular weight excluding hydrogens is 292 g/mol. The van der Waals surface area contributed by atoms with Crippen LogP contribution in [0.15, 0.2) is 24.3 Å². The number of aliphatic hydroxyl groups is 1. The van der Waals surface area contributed by atoms with Gasteiger partial charge >= 0.3 is 0 Å². The SMILES string of the molecule is COc1ccccc1C(O)CNC(=O)C(C)C1CNC1.Cl. The van der Waals surface area contributed by atoms with Crippen molar-refractivity contribution in [3.63, 3.8) is 0 Å².